The molecule has 0 aliphatic heterocycles. The van der Waals surface area contributed by atoms with Gasteiger partial charge in [-0.15, -0.1) is 0 Å². The fourth-order valence-electron chi connectivity index (χ4n) is 3.80. The van der Waals surface area contributed by atoms with Crippen LogP contribution in [0.25, 0.3) is 0 Å². The van der Waals surface area contributed by atoms with Crippen molar-refractivity contribution in [1.82, 2.24) is 4.31 Å². The number of nitrogens with zero attached hydrogens (tertiary/aromatic N) is 2. The van der Waals surface area contributed by atoms with Crippen molar-refractivity contribution < 1.29 is 18.1 Å². The summed E-state index contributed by atoms with van der Waals surface area (Å²) in [7, 11) is -3.86. The molecule has 30 heavy (non-hydrogen) atoms. The monoisotopic (exact) mass is 431 g/mol. The second kappa shape index (κ2) is 9.36. The topological polar surface area (TPSA) is 110 Å². The number of rotatable bonds is 7. The molecule has 8 nitrogen and oxygen atoms in total. The minimum absolute atomic E-state index is 0.103. The molecule has 9 heteroatoms. The lowest BCUT2D eigenvalue weighted by atomic mass is 9.95. The van der Waals surface area contributed by atoms with Crippen LogP contribution in [0.4, 0.5) is 11.4 Å². The van der Waals surface area contributed by atoms with E-state index in [2.05, 4.69) is 5.32 Å². The number of nitro groups is 1. The lowest BCUT2D eigenvalue weighted by Crippen LogP contribution is -2.45. The molecular weight excluding hydrogens is 406 g/mol. The van der Waals surface area contributed by atoms with E-state index in [1.807, 2.05) is 0 Å². The predicted molar refractivity (Wildman–Crippen MR) is 114 cm³/mol. The number of hydrogen-bond donors (Lipinski definition) is 1. The van der Waals surface area contributed by atoms with Crippen LogP contribution in [0.3, 0.4) is 0 Å². The van der Waals surface area contributed by atoms with Gasteiger partial charge in [0.05, 0.1) is 27.6 Å². The Hall–Kier alpha value is -2.78. The molecule has 3 rings (SSSR count). The van der Waals surface area contributed by atoms with E-state index in [9.17, 15) is 23.3 Å². The summed E-state index contributed by atoms with van der Waals surface area (Å²) >= 11 is 0. The number of benzene rings is 2. The lowest BCUT2D eigenvalue weighted by Gasteiger charge is -2.33. The van der Waals surface area contributed by atoms with Gasteiger partial charge in [-0.3, -0.25) is 14.9 Å². The normalized spacial score (nSPS) is 15.1. The van der Waals surface area contributed by atoms with Crippen molar-refractivity contribution >= 4 is 27.3 Å². The number of hydrogen-bond acceptors (Lipinski definition) is 5. The van der Waals surface area contributed by atoms with E-state index >= 15 is 0 Å². The van der Waals surface area contributed by atoms with Crippen LogP contribution in [0.5, 0.6) is 0 Å². The zero-order chi connectivity index (χ0) is 21.7. The lowest BCUT2D eigenvalue weighted by molar-refractivity contribution is -0.385. The van der Waals surface area contributed by atoms with Gasteiger partial charge >= 0.3 is 0 Å². The van der Waals surface area contributed by atoms with Crippen molar-refractivity contribution in [3.05, 3.63) is 64.2 Å². The van der Waals surface area contributed by atoms with E-state index in [1.54, 1.807) is 31.2 Å². The van der Waals surface area contributed by atoms with Crippen molar-refractivity contribution in [2.24, 2.45) is 0 Å². The number of anilines is 1. The van der Waals surface area contributed by atoms with Crippen molar-refractivity contribution in [3.8, 4) is 0 Å². The molecule has 1 saturated carbocycles. The highest BCUT2D eigenvalue weighted by molar-refractivity contribution is 7.89. The number of sulfonamides is 1. The van der Waals surface area contributed by atoms with Crippen molar-refractivity contribution in [3.63, 3.8) is 0 Å². The van der Waals surface area contributed by atoms with E-state index in [0.717, 1.165) is 19.3 Å². The predicted octanol–water partition coefficient (Wildman–Crippen LogP) is 3.87. The zero-order valence-electron chi connectivity index (χ0n) is 16.8. The molecule has 160 valence electrons. The highest BCUT2D eigenvalue weighted by Gasteiger charge is 2.34. The number of nitrogens with one attached hydrogen (secondary N) is 1. The smallest absolute Gasteiger partial charge is 0.274 e. The summed E-state index contributed by atoms with van der Waals surface area (Å²) in [5.74, 6) is -0.524. The average Bonchev–Trinajstić information content (AvgIpc) is 2.74. The van der Waals surface area contributed by atoms with Crippen LogP contribution >= 0.6 is 0 Å². The molecular formula is C21H25N3O5S. The van der Waals surface area contributed by atoms with Gasteiger partial charge < -0.3 is 5.32 Å². The van der Waals surface area contributed by atoms with E-state index < -0.39 is 20.9 Å². The molecule has 1 fully saturated rings. The largest absolute Gasteiger partial charge is 0.324 e. The molecule has 0 bridgehead atoms. The maximum atomic E-state index is 13.3. The Balaban J connectivity index is 1.86. The second-order valence-corrected chi connectivity index (χ2v) is 9.30. The molecule has 2 aromatic carbocycles. The summed E-state index contributed by atoms with van der Waals surface area (Å²) < 4.78 is 27.9. The number of carbonyl (C=O) groups excluding carboxylic acids is 1. The fourth-order valence-corrected chi connectivity index (χ4v) is 5.46. The van der Waals surface area contributed by atoms with Gasteiger partial charge in [0.15, 0.2) is 0 Å². The Bertz CT molecular complexity index is 1020. The Morgan fingerprint density at radius 3 is 2.40 bits per heavy atom. The van der Waals surface area contributed by atoms with Crippen LogP contribution in [0, 0.1) is 17.0 Å². The van der Waals surface area contributed by atoms with E-state index in [0.29, 0.717) is 24.1 Å². The summed E-state index contributed by atoms with van der Waals surface area (Å²) in [6.07, 6.45) is 4.29. The first-order valence-electron chi connectivity index (χ1n) is 9.91. The van der Waals surface area contributed by atoms with Gasteiger partial charge in [0.1, 0.15) is 0 Å². The minimum atomic E-state index is -3.86. The molecule has 0 saturated heterocycles. The minimum Gasteiger partial charge on any atom is -0.324 e. The third kappa shape index (κ3) is 4.85. The van der Waals surface area contributed by atoms with Crippen LogP contribution in [-0.2, 0) is 14.8 Å². The van der Waals surface area contributed by atoms with Crippen LogP contribution < -0.4 is 5.32 Å². The van der Waals surface area contributed by atoms with Crippen LogP contribution in [0.2, 0.25) is 0 Å². The third-order valence-corrected chi connectivity index (χ3v) is 7.32. The molecule has 0 aromatic heterocycles. The Morgan fingerprint density at radius 1 is 1.10 bits per heavy atom. The summed E-state index contributed by atoms with van der Waals surface area (Å²) in [6.45, 7) is 1.21. The molecule has 0 atom stereocenters. The molecule has 1 N–H and O–H groups in total. The van der Waals surface area contributed by atoms with Crippen molar-refractivity contribution in [1.29, 1.82) is 0 Å². The number of amides is 1. The van der Waals surface area contributed by atoms with Gasteiger partial charge in [-0.05, 0) is 38.0 Å². The van der Waals surface area contributed by atoms with Gasteiger partial charge in [-0.2, -0.15) is 4.31 Å². The second-order valence-electron chi connectivity index (χ2n) is 7.41. The first-order chi connectivity index (χ1) is 14.3. The molecule has 0 heterocycles. The summed E-state index contributed by atoms with van der Waals surface area (Å²) in [5, 5.41) is 13.8. The SMILES string of the molecule is Cc1c(NC(=O)CN(C2CCCCC2)S(=O)(=O)c2ccccc2)cccc1[N+](=O)[O-]. The number of nitro benzene ring substituents is 1. The van der Waals surface area contributed by atoms with Gasteiger partial charge in [0.2, 0.25) is 15.9 Å². The fraction of sp³-hybridized carbons (Fsp3) is 0.381. The van der Waals surface area contributed by atoms with Gasteiger partial charge in [0.25, 0.3) is 5.69 Å². The van der Waals surface area contributed by atoms with Crippen LogP contribution in [0.15, 0.2) is 53.4 Å². The Kier molecular flexibility index (Phi) is 6.84. The highest BCUT2D eigenvalue weighted by Crippen LogP contribution is 2.29. The van der Waals surface area contributed by atoms with Gasteiger partial charge in [0, 0.05) is 12.1 Å². The molecule has 2 aromatic rings. The quantitative estimate of drug-likeness (QED) is 0.529. The summed E-state index contributed by atoms with van der Waals surface area (Å²) in [6, 6.07) is 12.2. The van der Waals surface area contributed by atoms with Crippen molar-refractivity contribution in [2.45, 2.75) is 50.0 Å². The van der Waals surface area contributed by atoms with E-state index in [4.69, 9.17) is 0 Å². The van der Waals surface area contributed by atoms with Gasteiger partial charge in [-0.1, -0.05) is 43.5 Å². The number of carbonyl (C=O) groups is 1. The zero-order valence-corrected chi connectivity index (χ0v) is 17.6. The van der Waals surface area contributed by atoms with Gasteiger partial charge in [-0.25, -0.2) is 8.42 Å². The highest BCUT2D eigenvalue weighted by atomic mass is 32.2. The first-order valence-corrected chi connectivity index (χ1v) is 11.4. The van der Waals surface area contributed by atoms with Crippen molar-refractivity contribution in [2.75, 3.05) is 11.9 Å². The molecule has 1 aliphatic rings. The molecule has 0 spiro atoms. The average molecular weight is 432 g/mol. The van der Waals surface area contributed by atoms with E-state index in [1.165, 1.54) is 28.6 Å². The first kappa shape index (κ1) is 21.9. The third-order valence-electron chi connectivity index (χ3n) is 5.41. The maximum Gasteiger partial charge on any atom is 0.274 e. The standard InChI is InChI=1S/C21H25N3O5S/c1-16-19(13-8-14-20(16)24(26)27)22-21(25)15-23(17-9-4-2-5-10-17)30(28,29)18-11-6-3-7-12-18/h3,6-8,11-14,17H,2,4-5,9-10,15H2,1H3,(H,22,25). The van der Waals surface area contributed by atoms with E-state index in [-0.39, 0.29) is 23.2 Å². The maximum absolute atomic E-state index is 13.3. The Labute approximate surface area is 176 Å². The molecule has 0 unspecified atom stereocenters. The Morgan fingerprint density at radius 2 is 1.77 bits per heavy atom. The summed E-state index contributed by atoms with van der Waals surface area (Å²) in [4.78, 5) is 23.6. The molecule has 1 amide bonds. The molecule has 1 aliphatic carbocycles. The van der Waals surface area contributed by atoms with Crippen LogP contribution in [0.1, 0.15) is 37.7 Å². The van der Waals surface area contributed by atoms with Crippen LogP contribution in [-0.4, -0.2) is 36.1 Å². The molecule has 0 radical (unpaired) electrons. The summed E-state index contributed by atoms with van der Waals surface area (Å²) in [5.41, 5.74) is 0.523.